The van der Waals surface area contributed by atoms with Gasteiger partial charge < -0.3 is 10.4 Å². The van der Waals surface area contributed by atoms with E-state index in [1.54, 1.807) is 0 Å². The molecule has 0 saturated carbocycles. The van der Waals surface area contributed by atoms with E-state index in [4.69, 9.17) is 5.11 Å². The molecule has 2 atom stereocenters. The quantitative estimate of drug-likeness (QED) is 0.723. The Hall–Kier alpha value is -0.270. The Morgan fingerprint density at radius 2 is 2.17 bits per heavy atom. The van der Waals surface area contributed by atoms with Gasteiger partial charge in [0.25, 0.3) is 0 Å². The van der Waals surface area contributed by atoms with Crippen LogP contribution < -0.4 is 5.32 Å². The minimum atomic E-state index is -2.88. The van der Waals surface area contributed by atoms with E-state index in [0.29, 0.717) is 6.42 Å². The SMILES string of the molecule is CC(C)[C@@H](CO)NC(=O)CSC1CCS(=O)(=O)C1. The van der Waals surface area contributed by atoms with Gasteiger partial charge in [0.15, 0.2) is 9.84 Å². The van der Waals surface area contributed by atoms with Crippen molar-refractivity contribution >= 4 is 27.5 Å². The van der Waals surface area contributed by atoms with Gasteiger partial charge >= 0.3 is 0 Å². The first-order valence-electron chi connectivity index (χ1n) is 6.06. The number of nitrogens with one attached hydrogen (secondary N) is 1. The number of amides is 1. The molecule has 5 nitrogen and oxygen atoms in total. The fourth-order valence-corrected chi connectivity index (χ4v) is 5.21. The van der Waals surface area contributed by atoms with Gasteiger partial charge in [-0.2, -0.15) is 0 Å². The van der Waals surface area contributed by atoms with Gasteiger partial charge in [-0.3, -0.25) is 4.79 Å². The summed E-state index contributed by atoms with van der Waals surface area (Å²) in [7, 11) is -2.88. The molecule has 0 spiro atoms. The summed E-state index contributed by atoms with van der Waals surface area (Å²) in [6.45, 7) is 3.78. The lowest BCUT2D eigenvalue weighted by Crippen LogP contribution is -2.42. The normalized spacial score (nSPS) is 24.1. The molecule has 1 saturated heterocycles. The number of carbonyl (C=O) groups is 1. The third kappa shape index (κ3) is 5.16. The number of aliphatic hydroxyl groups excluding tert-OH is 1. The van der Waals surface area contributed by atoms with Crippen molar-refractivity contribution in [3.05, 3.63) is 0 Å². The van der Waals surface area contributed by atoms with Crippen LogP contribution >= 0.6 is 11.8 Å². The number of hydrogen-bond donors (Lipinski definition) is 2. The summed E-state index contributed by atoms with van der Waals surface area (Å²) in [6.07, 6.45) is 0.633. The molecule has 1 fully saturated rings. The maximum absolute atomic E-state index is 11.6. The molecule has 1 aliphatic heterocycles. The van der Waals surface area contributed by atoms with Crippen molar-refractivity contribution in [1.29, 1.82) is 0 Å². The van der Waals surface area contributed by atoms with Crippen LogP contribution in [0.5, 0.6) is 0 Å². The van der Waals surface area contributed by atoms with E-state index < -0.39 is 9.84 Å². The second-order valence-electron chi connectivity index (χ2n) is 4.94. The zero-order valence-corrected chi connectivity index (χ0v) is 12.4. The predicted octanol–water partition coefficient (Wildman–Crippen LogP) is 0.0398. The molecule has 18 heavy (non-hydrogen) atoms. The summed E-state index contributed by atoms with van der Waals surface area (Å²) in [5.41, 5.74) is 0. The molecule has 0 aromatic rings. The number of hydrogen-bond acceptors (Lipinski definition) is 5. The van der Waals surface area contributed by atoms with Crippen LogP contribution in [0.1, 0.15) is 20.3 Å². The van der Waals surface area contributed by atoms with E-state index in [0.717, 1.165) is 0 Å². The number of thioether (sulfide) groups is 1. The number of sulfone groups is 1. The lowest BCUT2D eigenvalue weighted by Gasteiger charge is -2.20. The molecular weight excluding hydrogens is 274 g/mol. The second-order valence-corrected chi connectivity index (χ2v) is 8.45. The summed E-state index contributed by atoms with van der Waals surface area (Å²) in [4.78, 5) is 11.6. The lowest BCUT2D eigenvalue weighted by atomic mass is 10.1. The Bertz CT molecular complexity index is 381. The van der Waals surface area contributed by atoms with Crippen LogP contribution in [0.2, 0.25) is 0 Å². The summed E-state index contributed by atoms with van der Waals surface area (Å²) >= 11 is 1.39. The maximum Gasteiger partial charge on any atom is 0.230 e. The monoisotopic (exact) mass is 295 g/mol. The molecular formula is C11H21NO4S2. The molecule has 2 N–H and O–H groups in total. The van der Waals surface area contributed by atoms with Crippen LogP contribution in [-0.4, -0.2) is 54.6 Å². The average Bonchev–Trinajstić information content (AvgIpc) is 2.62. The van der Waals surface area contributed by atoms with Gasteiger partial charge in [-0.25, -0.2) is 8.42 Å². The molecule has 106 valence electrons. The summed E-state index contributed by atoms with van der Waals surface area (Å²) in [5.74, 6) is 0.701. The topological polar surface area (TPSA) is 83.5 Å². The average molecular weight is 295 g/mol. The highest BCUT2D eigenvalue weighted by molar-refractivity contribution is 8.02. The molecule has 1 unspecified atom stereocenters. The molecule has 1 amide bonds. The van der Waals surface area contributed by atoms with Crippen molar-refractivity contribution < 1.29 is 18.3 Å². The minimum Gasteiger partial charge on any atom is -0.394 e. The van der Waals surface area contributed by atoms with Gasteiger partial charge in [0, 0.05) is 5.25 Å². The minimum absolute atomic E-state index is 0.0346. The van der Waals surface area contributed by atoms with E-state index in [1.165, 1.54) is 11.8 Å². The van der Waals surface area contributed by atoms with Crippen molar-refractivity contribution in [1.82, 2.24) is 5.32 Å². The number of aliphatic hydroxyl groups is 1. The van der Waals surface area contributed by atoms with Crippen molar-refractivity contribution in [2.75, 3.05) is 23.9 Å². The highest BCUT2D eigenvalue weighted by Gasteiger charge is 2.28. The highest BCUT2D eigenvalue weighted by Crippen LogP contribution is 2.24. The van der Waals surface area contributed by atoms with Crippen LogP contribution in [0.25, 0.3) is 0 Å². The first kappa shape index (κ1) is 15.8. The molecule has 1 rings (SSSR count). The molecule has 0 aromatic carbocycles. The van der Waals surface area contributed by atoms with Crippen LogP contribution in [0.15, 0.2) is 0 Å². The first-order chi connectivity index (χ1) is 8.34. The fourth-order valence-electron chi connectivity index (χ4n) is 1.76. The molecule has 1 heterocycles. The molecule has 0 aromatic heterocycles. The predicted molar refractivity (Wildman–Crippen MR) is 73.4 cm³/mol. The van der Waals surface area contributed by atoms with Gasteiger partial charge in [0.05, 0.1) is 29.9 Å². The third-order valence-corrected chi connectivity index (χ3v) is 6.27. The van der Waals surface area contributed by atoms with Crippen LogP contribution in [0, 0.1) is 5.92 Å². The van der Waals surface area contributed by atoms with Gasteiger partial charge in [0.1, 0.15) is 0 Å². The lowest BCUT2D eigenvalue weighted by molar-refractivity contribution is -0.119. The van der Waals surface area contributed by atoms with Gasteiger partial charge in [-0.05, 0) is 12.3 Å². The number of rotatable bonds is 6. The number of carbonyl (C=O) groups excluding carboxylic acids is 1. The van der Waals surface area contributed by atoms with Gasteiger partial charge in [-0.15, -0.1) is 11.8 Å². The zero-order valence-electron chi connectivity index (χ0n) is 10.8. The van der Waals surface area contributed by atoms with E-state index in [9.17, 15) is 13.2 Å². The van der Waals surface area contributed by atoms with E-state index in [-0.39, 0.29) is 47.0 Å². The molecule has 1 aliphatic rings. The Kier molecular flexibility index (Phi) is 5.94. The molecule has 0 aliphatic carbocycles. The largest absolute Gasteiger partial charge is 0.394 e. The zero-order chi connectivity index (χ0) is 13.8. The van der Waals surface area contributed by atoms with Crippen LogP contribution in [0.3, 0.4) is 0 Å². The van der Waals surface area contributed by atoms with Crippen molar-refractivity contribution in [3.63, 3.8) is 0 Å². The van der Waals surface area contributed by atoms with Crippen molar-refractivity contribution in [2.24, 2.45) is 5.92 Å². The van der Waals surface area contributed by atoms with E-state index in [2.05, 4.69) is 5.32 Å². The molecule has 0 bridgehead atoms. The summed E-state index contributed by atoms with van der Waals surface area (Å²) < 4.78 is 22.5. The second kappa shape index (κ2) is 6.77. The first-order valence-corrected chi connectivity index (χ1v) is 8.93. The van der Waals surface area contributed by atoms with E-state index >= 15 is 0 Å². The van der Waals surface area contributed by atoms with Gasteiger partial charge in [-0.1, -0.05) is 13.8 Å². The molecule has 7 heteroatoms. The summed E-state index contributed by atoms with van der Waals surface area (Å²) in [6, 6.07) is -0.231. The maximum atomic E-state index is 11.6. The van der Waals surface area contributed by atoms with Crippen molar-refractivity contribution in [2.45, 2.75) is 31.6 Å². The Morgan fingerprint density at radius 3 is 2.61 bits per heavy atom. The Morgan fingerprint density at radius 1 is 1.50 bits per heavy atom. The van der Waals surface area contributed by atoms with Gasteiger partial charge in [0.2, 0.25) is 5.91 Å². The molecule has 0 radical (unpaired) electrons. The summed E-state index contributed by atoms with van der Waals surface area (Å²) in [5, 5.41) is 11.9. The Balaban J connectivity index is 2.29. The Labute approximate surface area is 113 Å². The highest BCUT2D eigenvalue weighted by atomic mass is 32.2. The third-order valence-electron chi connectivity index (χ3n) is 2.99. The van der Waals surface area contributed by atoms with Crippen molar-refractivity contribution in [3.8, 4) is 0 Å². The standard InChI is InChI=1S/C11H21NO4S2/c1-8(2)10(5-13)12-11(14)6-17-9-3-4-18(15,16)7-9/h8-10,13H,3-7H2,1-2H3,(H,12,14)/t9?,10-/m1/s1. The van der Waals surface area contributed by atoms with Crippen LogP contribution in [-0.2, 0) is 14.6 Å². The smallest absolute Gasteiger partial charge is 0.230 e. The van der Waals surface area contributed by atoms with E-state index in [1.807, 2.05) is 13.8 Å². The fraction of sp³-hybridized carbons (Fsp3) is 0.909. The van der Waals surface area contributed by atoms with Crippen LogP contribution in [0.4, 0.5) is 0 Å².